The molecule has 0 spiro atoms. The normalized spacial score (nSPS) is 11.6. The highest BCUT2D eigenvalue weighted by molar-refractivity contribution is 7.98. The Morgan fingerprint density at radius 1 is 1.04 bits per heavy atom. The van der Waals surface area contributed by atoms with E-state index in [1.807, 2.05) is 30.3 Å². The second kappa shape index (κ2) is 8.22. The predicted octanol–water partition coefficient (Wildman–Crippen LogP) is 4.99. The second-order valence-corrected chi connectivity index (χ2v) is 7.41. The summed E-state index contributed by atoms with van der Waals surface area (Å²) < 4.78 is 40.0. The lowest BCUT2D eigenvalue weighted by atomic mass is 10.1. The summed E-state index contributed by atoms with van der Waals surface area (Å²) in [5, 5.41) is 0.483. The summed E-state index contributed by atoms with van der Waals surface area (Å²) >= 11 is 1.25. The van der Waals surface area contributed by atoms with E-state index in [-0.39, 0.29) is 5.56 Å². The van der Waals surface area contributed by atoms with Crippen molar-refractivity contribution in [2.45, 2.75) is 30.4 Å². The van der Waals surface area contributed by atoms with E-state index in [1.54, 1.807) is 20.0 Å². The minimum Gasteiger partial charge on any atom is -0.291 e. The van der Waals surface area contributed by atoms with E-state index in [0.29, 0.717) is 34.2 Å². The van der Waals surface area contributed by atoms with E-state index in [2.05, 4.69) is 4.98 Å². The monoisotopic (exact) mass is 404 g/mol. The summed E-state index contributed by atoms with van der Waals surface area (Å²) in [7, 11) is 1.64. The van der Waals surface area contributed by atoms with Crippen LogP contribution in [0.2, 0.25) is 0 Å². The molecule has 0 saturated heterocycles. The first-order valence-electron chi connectivity index (χ1n) is 8.65. The van der Waals surface area contributed by atoms with E-state index in [1.165, 1.54) is 22.4 Å². The molecular formula is C21H19F3N2OS. The van der Waals surface area contributed by atoms with E-state index >= 15 is 0 Å². The van der Waals surface area contributed by atoms with Crippen LogP contribution in [0.5, 0.6) is 0 Å². The molecule has 0 radical (unpaired) electrons. The van der Waals surface area contributed by atoms with Gasteiger partial charge in [0.15, 0.2) is 5.16 Å². The number of hydrogen-bond acceptors (Lipinski definition) is 3. The molecule has 28 heavy (non-hydrogen) atoms. The third-order valence-corrected chi connectivity index (χ3v) is 5.50. The highest BCUT2D eigenvalue weighted by Crippen LogP contribution is 2.31. The summed E-state index contributed by atoms with van der Waals surface area (Å²) in [5.74, 6) is 0.293. The average molecular weight is 404 g/mol. The number of aryl methyl sites for hydroxylation is 1. The number of alkyl halides is 3. The van der Waals surface area contributed by atoms with Gasteiger partial charge in [-0.15, -0.1) is 0 Å². The third-order valence-electron chi connectivity index (χ3n) is 4.40. The van der Waals surface area contributed by atoms with Crippen molar-refractivity contribution in [1.29, 1.82) is 0 Å². The Labute approximate surface area is 165 Å². The second-order valence-electron chi connectivity index (χ2n) is 6.47. The number of hydrogen-bond donors (Lipinski definition) is 0. The van der Waals surface area contributed by atoms with Gasteiger partial charge < -0.3 is 0 Å². The van der Waals surface area contributed by atoms with E-state index in [9.17, 15) is 18.0 Å². The highest BCUT2D eigenvalue weighted by Gasteiger charge is 2.30. The molecule has 0 aliphatic carbocycles. The highest BCUT2D eigenvalue weighted by atomic mass is 32.2. The lowest BCUT2D eigenvalue weighted by molar-refractivity contribution is -0.137. The fourth-order valence-corrected chi connectivity index (χ4v) is 3.80. The number of thioether (sulfide) groups is 1. The van der Waals surface area contributed by atoms with Gasteiger partial charge in [-0.1, -0.05) is 60.3 Å². The zero-order chi connectivity index (χ0) is 20.3. The Hall–Kier alpha value is -2.54. The zero-order valence-electron chi connectivity index (χ0n) is 15.5. The van der Waals surface area contributed by atoms with Gasteiger partial charge in [-0.2, -0.15) is 13.2 Å². The molecule has 1 heterocycles. The molecule has 0 fully saturated rings. The minimum absolute atomic E-state index is 0.136. The van der Waals surface area contributed by atoms with Gasteiger partial charge in [0.05, 0.1) is 5.56 Å². The lowest BCUT2D eigenvalue weighted by Gasteiger charge is -2.13. The van der Waals surface area contributed by atoms with Crippen molar-refractivity contribution in [3.05, 3.63) is 92.9 Å². The van der Waals surface area contributed by atoms with Crippen LogP contribution >= 0.6 is 11.8 Å². The van der Waals surface area contributed by atoms with Crippen LogP contribution in [0.15, 0.2) is 64.5 Å². The molecule has 0 bridgehead atoms. The van der Waals surface area contributed by atoms with Crippen molar-refractivity contribution in [2.75, 3.05) is 0 Å². The third kappa shape index (κ3) is 4.65. The number of nitrogens with zero attached hydrogens (tertiary/aromatic N) is 2. The van der Waals surface area contributed by atoms with Gasteiger partial charge in [0.1, 0.15) is 0 Å². The molecule has 0 saturated carbocycles. The molecule has 1 aromatic heterocycles. The van der Waals surface area contributed by atoms with E-state index < -0.39 is 11.7 Å². The van der Waals surface area contributed by atoms with Crippen molar-refractivity contribution in [3.63, 3.8) is 0 Å². The zero-order valence-corrected chi connectivity index (χ0v) is 16.3. The Balaban J connectivity index is 1.81. The molecule has 7 heteroatoms. The summed E-state index contributed by atoms with van der Waals surface area (Å²) in [4.78, 5) is 17.3. The van der Waals surface area contributed by atoms with Crippen LogP contribution in [0.1, 0.15) is 27.9 Å². The Bertz CT molecular complexity index is 1030. The SMILES string of the molecule is Cc1nc(SCc2cccc(C(F)(F)F)c2)n(C)c(=O)c1Cc1ccccc1. The van der Waals surface area contributed by atoms with Crippen molar-refractivity contribution in [2.24, 2.45) is 7.05 Å². The van der Waals surface area contributed by atoms with Crippen LogP contribution in [0.3, 0.4) is 0 Å². The molecule has 0 atom stereocenters. The molecule has 0 unspecified atom stereocenters. The van der Waals surface area contributed by atoms with Crippen LogP contribution in [-0.4, -0.2) is 9.55 Å². The van der Waals surface area contributed by atoms with Crippen LogP contribution < -0.4 is 5.56 Å². The van der Waals surface area contributed by atoms with Crippen LogP contribution in [0.25, 0.3) is 0 Å². The summed E-state index contributed by atoms with van der Waals surface area (Å²) in [6.45, 7) is 1.79. The molecule has 3 nitrogen and oxygen atoms in total. The van der Waals surface area contributed by atoms with Gasteiger partial charge in [0.2, 0.25) is 0 Å². The summed E-state index contributed by atoms with van der Waals surface area (Å²) in [5.41, 5.74) is 1.99. The molecule has 0 amide bonds. The summed E-state index contributed by atoms with van der Waals surface area (Å²) in [6.07, 6.45) is -3.88. The van der Waals surface area contributed by atoms with Gasteiger partial charge in [0, 0.05) is 30.5 Å². The molecule has 3 aromatic rings. The topological polar surface area (TPSA) is 34.9 Å². The van der Waals surface area contributed by atoms with Gasteiger partial charge in [-0.05, 0) is 24.1 Å². The fourth-order valence-electron chi connectivity index (χ4n) is 2.85. The molecule has 0 aliphatic rings. The first kappa shape index (κ1) is 20.2. The quantitative estimate of drug-likeness (QED) is 0.444. The number of benzene rings is 2. The fraction of sp³-hybridized carbons (Fsp3) is 0.238. The maximum Gasteiger partial charge on any atom is 0.416 e. The van der Waals surface area contributed by atoms with Crippen LogP contribution in [-0.2, 0) is 25.4 Å². The largest absolute Gasteiger partial charge is 0.416 e. The smallest absolute Gasteiger partial charge is 0.291 e. The number of halogens is 3. The van der Waals surface area contributed by atoms with Crippen molar-refractivity contribution in [1.82, 2.24) is 9.55 Å². The number of aromatic nitrogens is 2. The summed E-state index contributed by atoms with van der Waals surface area (Å²) in [6, 6.07) is 14.9. The van der Waals surface area contributed by atoms with Gasteiger partial charge >= 0.3 is 6.18 Å². The van der Waals surface area contributed by atoms with Crippen molar-refractivity contribution in [3.8, 4) is 0 Å². The Morgan fingerprint density at radius 2 is 1.71 bits per heavy atom. The van der Waals surface area contributed by atoms with Gasteiger partial charge in [-0.3, -0.25) is 9.36 Å². The van der Waals surface area contributed by atoms with Crippen LogP contribution in [0.4, 0.5) is 13.2 Å². The molecule has 0 N–H and O–H groups in total. The Morgan fingerprint density at radius 3 is 2.39 bits per heavy atom. The molecule has 3 rings (SSSR count). The lowest BCUT2D eigenvalue weighted by Crippen LogP contribution is -2.25. The Kier molecular flexibility index (Phi) is 5.93. The van der Waals surface area contributed by atoms with E-state index in [4.69, 9.17) is 0 Å². The van der Waals surface area contributed by atoms with Crippen molar-refractivity contribution < 1.29 is 13.2 Å². The van der Waals surface area contributed by atoms with Gasteiger partial charge in [-0.25, -0.2) is 4.98 Å². The van der Waals surface area contributed by atoms with Gasteiger partial charge in [0.25, 0.3) is 5.56 Å². The van der Waals surface area contributed by atoms with Crippen LogP contribution in [0, 0.1) is 6.92 Å². The molecular weight excluding hydrogens is 385 g/mol. The molecule has 0 aliphatic heterocycles. The maximum absolute atomic E-state index is 12.9. The number of rotatable bonds is 5. The predicted molar refractivity (Wildman–Crippen MR) is 104 cm³/mol. The first-order chi connectivity index (χ1) is 13.3. The first-order valence-corrected chi connectivity index (χ1v) is 9.63. The molecule has 2 aromatic carbocycles. The maximum atomic E-state index is 12.9. The minimum atomic E-state index is -4.37. The van der Waals surface area contributed by atoms with E-state index in [0.717, 1.165) is 17.7 Å². The van der Waals surface area contributed by atoms with Crippen molar-refractivity contribution >= 4 is 11.8 Å². The average Bonchev–Trinajstić information content (AvgIpc) is 2.67. The molecule has 146 valence electrons. The standard InChI is InChI=1S/C21H19F3N2OS/c1-14-18(12-15-7-4-3-5-8-15)19(27)26(2)20(25-14)28-13-16-9-6-10-17(11-16)21(22,23)24/h3-11H,12-13H2,1-2H3.